The van der Waals surface area contributed by atoms with Gasteiger partial charge in [-0.3, -0.25) is 9.59 Å². The lowest BCUT2D eigenvalue weighted by atomic mass is 9.96. The van der Waals surface area contributed by atoms with Gasteiger partial charge in [0, 0.05) is 19.5 Å². The van der Waals surface area contributed by atoms with E-state index in [4.69, 9.17) is 4.74 Å². The fourth-order valence-electron chi connectivity index (χ4n) is 2.85. The predicted octanol–water partition coefficient (Wildman–Crippen LogP) is 3.20. The molecule has 1 saturated heterocycles. The zero-order chi connectivity index (χ0) is 16.5. The summed E-state index contributed by atoms with van der Waals surface area (Å²) in [6.07, 6.45) is 4.71. The Bertz CT molecular complexity index is 493. The second-order valence-electron chi connectivity index (χ2n) is 6.16. The van der Waals surface area contributed by atoms with Crippen molar-refractivity contribution in [2.45, 2.75) is 45.4 Å². The molecule has 4 nitrogen and oxygen atoms in total. The van der Waals surface area contributed by atoms with Crippen molar-refractivity contribution in [3.63, 3.8) is 0 Å². The van der Waals surface area contributed by atoms with Gasteiger partial charge in [0.25, 0.3) is 0 Å². The molecule has 0 N–H and O–H groups in total. The average molecular weight is 317 g/mol. The summed E-state index contributed by atoms with van der Waals surface area (Å²) < 4.78 is 5.28. The highest BCUT2D eigenvalue weighted by molar-refractivity contribution is 5.77. The van der Waals surface area contributed by atoms with Gasteiger partial charge in [0.1, 0.15) is 0 Å². The van der Waals surface area contributed by atoms with Crippen LogP contribution in [0.3, 0.4) is 0 Å². The van der Waals surface area contributed by atoms with E-state index in [2.05, 4.69) is 6.92 Å². The third-order valence-corrected chi connectivity index (χ3v) is 4.39. The number of unbranched alkanes of at least 4 members (excludes halogenated alkanes) is 1. The largest absolute Gasteiger partial charge is 0.465 e. The molecular weight excluding hydrogens is 290 g/mol. The van der Waals surface area contributed by atoms with Crippen molar-refractivity contribution in [3.8, 4) is 0 Å². The molecule has 1 fully saturated rings. The number of ether oxygens (including phenoxy) is 1. The molecule has 4 heteroatoms. The molecular formula is C19H27NO3. The summed E-state index contributed by atoms with van der Waals surface area (Å²) in [6, 6.07) is 10.1. The van der Waals surface area contributed by atoms with Gasteiger partial charge in [0.15, 0.2) is 0 Å². The van der Waals surface area contributed by atoms with Crippen LogP contribution in [0.1, 0.15) is 44.6 Å². The molecule has 126 valence electrons. The lowest BCUT2D eigenvalue weighted by Gasteiger charge is -2.31. The van der Waals surface area contributed by atoms with Crippen LogP contribution in [0.2, 0.25) is 0 Å². The first-order chi connectivity index (χ1) is 11.2. The van der Waals surface area contributed by atoms with Gasteiger partial charge in [0.2, 0.25) is 5.91 Å². The number of carbonyl (C=O) groups is 2. The van der Waals surface area contributed by atoms with E-state index in [1.165, 1.54) is 5.56 Å². The number of rotatable bonds is 7. The number of esters is 1. The van der Waals surface area contributed by atoms with Crippen LogP contribution in [-0.2, 0) is 20.7 Å². The quantitative estimate of drug-likeness (QED) is 0.573. The highest BCUT2D eigenvalue weighted by atomic mass is 16.5. The van der Waals surface area contributed by atoms with E-state index in [9.17, 15) is 9.59 Å². The summed E-state index contributed by atoms with van der Waals surface area (Å²) in [4.78, 5) is 26.1. The van der Waals surface area contributed by atoms with Crippen LogP contribution in [0.25, 0.3) is 0 Å². The highest BCUT2D eigenvalue weighted by Crippen LogP contribution is 2.20. The monoisotopic (exact) mass is 317 g/mol. The first-order valence-electron chi connectivity index (χ1n) is 8.69. The van der Waals surface area contributed by atoms with Crippen molar-refractivity contribution in [2.75, 3.05) is 19.7 Å². The molecule has 23 heavy (non-hydrogen) atoms. The minimum Gasteiger partial charge on any atom is -0.465 e. The fourth-order valence-corrected chi connectivity index (χ4v) is 2.85. The predicted molar refractivity (Wildman–Crippen MR) is 89.9 cm³/mol. The topological polar surface area (TPSA) is 46.6 Å². The summed E-state index contributed by atoms with van der Waals surface area (Å²) in [5.41, 5.74) is 1.19. The number of aryl methyl sites for hydroxylation is 1. The molecule has 1 aromatic carbocycles. The Morgan fingerprint density at radius 1 is 1.17 bits per heavy atom. The Hall–Kier alpha value is -1.84. The standard InChI is InChI=1S/C19H27NO3/c1-2-3-15-23-19(22)17-11-13-20(14-12-17)18(21)10-9-16-7-5-4-6-8-16/h4-8,17H,2-3,9-15H2,1H3. The fraction of sp³-hybridized carbons (Fsp3) is 0.579. The van der Waals surface area contributed by atoms with Crippen LogP contribution in [0.5, 0.6) is 0 Å². The van der Waals surface area contributed by atoms with Gasteiger partial charge in [-0.25, -0.2) is 0 Å². The molecule has 0 atom stereocenters. The Balaban J connectivity index is 1.69. The zero-order valence-electron chi connectivity index (χ0n) is 14.0. The number of hydrogen-bond donors (Lipinski definition) is 0. The molecule has 2 rings (SSSR count). The number of piperidine rings is 1. The SMILES string of the molecule is CCCCOC(=O)C1CCN(C(=O)CCc2ccccc2)CC1. The third kappa shape index (κ3) is 5.70. The molecule has 0 aromatic heterocycles. The van der Waals surface area contributed by atoms with E-state index in [1.54, 1.807) is 0 Å². The summed E-state index contributed by atoms with van der Waals surface area (Å²) in [7, 11) is 0. The summed E-state index contributed by atoms with van der Waals surface area (Å²) in [5, 5.41) is 0. The Labute approximate surface area is 138 Å². The van der Waals surface area contributed by atoms with Crippen molar-refractivity contribution < 1.29 is 14.3 Å². The van der Waals surface area contributed by atoms with Crippen LogP contribution in [0, 0.1) is 5.92 Å². The van der Waals surface area contributed by atoms with E-state index in [1.807, 2.05) is 35.2 Å². The Morgan fingerprint density at radius 3 is 2.52 bits per heavy atom. The van der Waals surface area contributed by atoms with Gasteiger partial charge in [-0.15, -0.1) is 0 Å². The first kappa shape index (κ1) is 17.5. The normalized spacial score (nSPS) is 15.4. The molecule has 0 aliphatic carbocycles. The molecule has 0 bridgehead atoms. The van der Waals surface area contributed by atoms with Gasteiger partial charge < -0.3 is 9.64 Å². The average Bonchev–Trinajstić information content (AvgIpc) is 2.61. The van der Waals surface area contributed by atoms with Gasteiger partial charge in [-0.1, -0.05) is 43.7 Å². The molecule has 1 aliphatic rings. The van der Waals surface area contributed by atoms with Crippen LogP contribution < -0.4 is 0 Å². The number of carbonyl (C=O) groups excluding carboxylic acids is 2. The van der Waals surface area contributed by atoms with Crippen molar-refractivity contribution in [3.05, 3.63) is 35.9 Å². The van der Waals surface area contributed by atoms with E-state index in [0.717, 1.165) is 32.1 Å². The Morgan fingerprint density at radius 2 is 1.87 bits per heavy atom. The Kier molecular flexibility index (Phi) is 7.11. The van der Waals surface area contributed by atoms with E-state index >= 15 is 0 Å². The number of hydrogen-bond acceptors (Lipinski definition) is 3. The molecule has 1 amide bonds. The first-order valence-corrected chi connectivity index (χ1v) is 8.69. The summed E-state index contributed by atoms with van der Waals surface area (Å²) >= 11 is 0. The second-order valence-corrected chi connectivity index (χ2v) is 6.16. The lowest BCUT2D eigenvalue weighted by Crippen LogP contribution is -2.40. The molecule has 0 saturated carbocycles. The van der Waals surface area contributed by atoms with Crippen LogP contribution in [0.4, 0.5) is 0 Å². The minimum absolute atomic E-state index is 0.0370. The van der Waals surface area contributed by atoms with Gasteiger partial charge in [-0.05, 0) is 31.2 Å². The molecule has 1 aromatic rings. The maximum Gasteiger partial charge on any atom is 0.309 e. The number of nitrogens with zero attached hydrogens (tertiary/aromatic N) is 1. The summed E-state index contributed by atoms with van der Waals surface area (Å²) in [5.74, 6) is 0.0616. The van der Waals surface area contributed by atoms with Crippen LogP contribution >= 0.6 is 0 Å². The van der Waals surface area contributed by atoms with Crippen molar-refractivity contribution >= 4 is 11.9 Å². The summed E-state index contributed by atoms with van der Waals surface area (Å²) in [6.45, 7) is 3.93. The van der Waals surface area contributed by atoms with Crippen LogP contribution in [-0.4, -0.2) is 36.5 Å². The number of benzene rings is 1. The maximum absolute atomic E-state index is 12.3. The smallest absolute Gasteiger partial charge is 0.309 e. The van der Waals surface area contributed by atoms with Gasteiger partial charge >= 0.3 is 5.97 Å². The van der Waals surface area contributed by atoms with E-state index < -0.39 is 0 Å². The van der Waals surface area contributed by atoms with Gasteiger partial charge in [-0.2, -0.15) is 0 Å². The second kappa shape index (κ2) is 9.33. The highest BCUT2D eigenvalue weighted by Gasteiger charge is 2.27. The van der Waals surface area contributed by atoms with Gasteiger partial charge in [0.05, 0.1) is 12.5 Å². The number of likely N-dealkylation sites (tertiary alicyclic amines) is 1. The van der Waals surface area contributed by atoms with Crippen LogP contribution in [0.15, 0.2) is 30.3 Å². The molecule has 0 spiro atoms. The lowest BCUT2D eigenvalue weighted by molar-refractivity contribution is -0.151. The van der Waals surface area contributed by atoms with Crippen molar-refractivity contribution in [1.82, 2.24) is 4.90 Å². The van der Waals surface area contributed by atoms with E-state index in [0.29, 0.717) is 26.1 Å². The third-order valence-electron chi connectivity index (χ3n) is 4.39. The van der Waals surface area contributed by atoms with Crippen molar-refractivity contribution in [2.24, 2.45) is 5.92 Å². The molecule has 0 radical (unpaired) electrons. The number of amides is 1. The molecule has 1 aliphatic heterocycles. The minimum atomic E-state index is -0.0881. The maximum atomic E-state index is 12.3. The molecule has 1 heterocycles. The molecule has 0 unspecified atom stereocenters. The van der Waals surface area contributed by atoms with E-state index in [-0.39, 0.29) is 17.8 Å². The zero-order valence-corrected chi connectivity index (χ0v) is 14.0. The van der Waals surface area contributed by atoms with Crippen molar-refractivity contribution in [1.29, 1.82) is 0 Å².